The molecule has 0 saturated carbocycles. The molecule has 170 valence electrons. The molecule has 32 heavy (non-hydrogen) atoms. The molecule has 2 heterocycles. The Morgan fingerprint density at radius 1 is 1.03 bits per heavy atom. The van der Waals surface area contributed by atoms with E-state index in [1.807, 2.05) is 32.0 Å². The predicted molar refractivity (Wildman–Crippen MR) is 137 cm³/mol. The molecule has 0 atom stereocenters. The van der Waals surface area contributed by atoms with E-state index in [1.165, 1.54) is 50.9 Å². The van der Waals surface area contributed by atoms with Crippen LogP contribution in [0.2, 0.25) is 0 Å². The Hall–Kier alpha value is -3.14. The minimum Gasteiger partial charge on any atom is -0.342 e. The van der Waals surface area contributed by atoms with Crippen molar-refractivity contribution in [3.8, 4) is 0 Å². The number of piperidine rings is 1. The van der Waals surface area contributed by atoms with Crippen molar-refractivity contribution < 1.29 is 0 Å². The first kappa shape index (κ1) is 23.5. The quantitative estimate of drug-likeness (QED) is 0.385. The fourth-order valence-corrected chi connectivity index (χ4v) is 4.07. The number of nitrogens with zero attached hydrogens (tertiary/aromatic N) is 1. The summed E-state index contributed by atoms with van der Waals surface area (Å²) in [7, 11) is 0. The van der Waals surface area contributed by atoms with Crippen LogP contribution in [0, 0.1) is 0 Å². The lowest BCUT2D eigenvalue weighted by Gasteiger charge is -2.26. The second-order valence-electron chi connectivity index (χ2n) is 7.91. The van der Waals surface area contributed by atoms with Gasteiger partial charge in [-0.05, 0) is 69.1 Å². The van der Waals surface area contributed by atoms with Crippen molar-refractivity contribution in [2.75, 3.05) is 30.3 Å². The van der Waals surface area contributed by atoms with Crippen LogP contribution in [0.4, 0.5) is 11.4 Å². The van der Waals surface area contributed by atoms with Crippen LogP contribution in [0.3, 0.4) is 0 Å². The van der Waals surface area contributed by atoms with Gasteiger partial charge < -0.3 is 15.5 Å². The Morgan fingerprint density at radius 2 is 1.84 bits per heavy atom. The smallest absolute Gasteiger partial charge is 0.107 e. The Bertz CT molecular complexity index is 937. The number of nitrogens with one attached hydrogen (secondary N) is 4. The van der Waals surface area contributed by atoms with Crippen molar-refractivity contribution in [1.29, 1.82) is 0 Å². The van der Waals surface area contributed by atoms with Crippen LogP contribution in [0.15, 0.2) is 72.9 Å². The molecule has 0 amide bonds. The van der Waals surface area contributed by atoms with E-state index in [1.54, 1.807) is 6.20 Å². The second-order valence-corrected chi connectivity index (χ2v) is 7.91. The summed E-state index contributed by atoms with van der Waals surface area (Å²) in [5.74, 6) is 0.739. The first-order valence-corrected chi connectivity index (χ1v) is 11.9. The van der Waals surface area contributed by atoms with Crippen LogP contribution in [-0.2, 0) is 6.42 Å². The minimum atomic E-state index is 0.739. The summed E-state index contributed by atoms with van der Waals surface area (Å²) in [5, 5.41) is 6.79. The van der Waals surface area contributed by atoms with Gasteiger partial charge in [0.25, 0.3) is 0 Å². The molecule has 0 aromatic heterocycles. The molecule has 0 radical (unpaired) electrons. The third-order valence-electron chi connectivity index (χ3n) is 5.58. The molecule has 2 aliphatic rings. The van der Waals surface area contributed by atoms with E-state index in [4.69, 9.17) is 0 Å². The van der Waals surface area contributed by atoms with Gasteiger partial charge in [0.15, 0.2) is 0 Å². The molecule has 1 saturated heterocycles. The fraction of sp³-hybridized carbons (Fsp3) is 0.370. The summed E-state index contributed by atoms with van der Waals surface area (Å²) in [6.45, 7) is 11.9. The number of hydrazine groups is 1. The van der Waals surface area contributed by atoms with E-state index >= 15 is 0 Å². The Balaban J connectivity index is 0.00000141. The van der Waals surface area contributed by atoms with E-state index in [9.17, 15) is 0 Å². The van der Waals surface area contributed by atoms with Gasteiger partial charge in [-0.15, -0.1) is 0 Å². The molecule has 5 nitrogen and oxygen atoms in total. The molecule has 2 aromatic rings. The van der Waals surface area contributed by atoms with Gasteiger partial charge in [-0.25, -0.2) is 0 Å². The van der Waals surface area contributed by atoms with Crippen molar-refractivity contribution in [3.05, 3.63) is 84.0 Å². The third kappa shape index (κ3) is 6.94. The number of anilines is 2. The normalized spacial score (nSPS) is 15.0. The third-order valence-corrected chi connectivity index (χ3v) is 5.58. The minimum absolute atomic E-state index is 0.739. The largest absolute Gasteiger partial charge is 0.342 e. The van der Waals surface area contributed by atoms with Crippen LogP contribution in [0.1, 0.15) is 50.7 Å². The Morgan fingerprint density at radius 3 is 2.62 bits per heavy atom. The monoisotopic (exact) mass is 431 g/mol. The van der Waals surface area contributed by atoms with Gasteiger partial charge >= 0.3 is 0 Å². The van der Waals surface area contributed by atoms with Gasteiger partial charge in [0.1, 0.15) is 11.5 Å². The molecule has 0 aliphatic carbocycles. The summed E-state index contributed by atoms with van der Waals surface area (Å²) in [5.41, 5.74) is 14.5. The number of benzene rings is 2. The number of hydrogen-bond acceptors (Lipinski definition) is 5. The van der Waals surface area contributed by atoms with Crippen molar-refractivity contribution in [2.45, 2.75) is 46.0 Å². The first-order valence-electron chi connectivity index (χ1n) is 11.9. The van der Waals surface area contributed by atoms with E-state index in [0.717, 1.165) is 34.9 Å². The molecule has 4 rings (SSSR count). The number of likely N-dealkylation sites (tertiary alicyclic amines) is 1. The standard InChI is InChI=1S/C25H31N5.C2H6/c1-20(28-24-13-4-3-12-23(24)25-14-15-26-29-25)27-22-11-7-9-21(19-22)10-8-18-30-16-5-2-6-17-30;1-2/h3-4,7,9,11-13,15,19,26-29H,1-2,5-6,8,10,16-18H2;1-2H3. The van der Waals surface area contributed by atoms with Gasteiger partial charge in [-0.1, -0.05) is 62.9 Å². The lowest BCUT2D eigenvalue weighted by molar-refractivity contribution is 0.226. The zero-order valence-corrected chi connectivity index (χ0v) is 19.5. The molecule has 5 heteroatoms. The highest BCUT2D eigenvalue weighted by atomic mass is 15.4. The fourth-order valence-electron chi connectivity index (χ4n) is 4.07. The van der Waals surface area contributed by atoms with E-state index in [2.05, 4.69) is 69.0 Å². The molecule has 4 N–H and O–H groups in total. The van der Waals surface area contributed by atoms with Crippen LogP contribution >= 0.6 is 0 Å². The topological polar surface area (TPSA) is 51.4 Å². The summed E-state index contributed by atoms with van der Waals surface area (Å²) in [4.78, 5) is 2.61. The summed E-state index contributed by atoms with van der Waals surface area (Å²) in [6.07, 6.45) is 8.19. The number of hydrogen-bond donors (Lipinski definition) is 4. The number of para-hydroxylation sites is 1. The van der Waals surface area contributed by atoms with E-state index in [0.29, 0.717) is 0 Å². The van der Waals surface area contributed by atoms with Gasteiger partial charge in [0.2, 0.25) is 0 Å². The molecular formula is C27H37N5. The van der Waals surface area contributed by atoms with Gasteiger partial charge in [0.05, 0.1) is 6.20 Å². The van der Waals surface area contributed by atoms with Crippen molar-refractivity contribution in [1.82, 2.24) is 15.8 Å². The highest BCUT2D eigenvalue weighted by Gasteiger charge is 2.11. The van der Waals surface area contributed by atoms with Crippen LogP contribution in [-0.4, -0.2) is 24.5 Å². The Kier molecular flexibility index (Phi) is 9.30. The lowest BCUT2D eigenvalue weighted by atomic mass is 10.1. The maximum atomic E-state index is 4.16. The second kappa shape index (κ2) is 12.7. The van der Waals surface area contributed by atoms with Gasteiger partial charge in [0, 0.05) is 16.9 Å². The average molecular weight is 432 g/mol. The molecule has 2 aliphatic heterocycles. The van der Waals surface area contributed by atoms with Crippen LogP contribution in [0.5, 0.6) is 0 Å². The SMILES string of the molecule is C=C(Nc1cccc(CCCN2CCCCC2)c1)Nc1ccccc1C1=C=CNN1.CC. The maximum Gasteiger partial charge on any atom is 0.107 e. The Labute approximate surface area is 193 Å². The first-order chi connectivity index (χ1) is 15.8. The zero-order valence-electron chi connectivity index (χ0n) is 19.5. The molecule has 1 fully saturated rings. The van der Waals surface area contributed by atoms with Crippen molar-refractivity contribution in [3.63, 3.8) is 0 Å². The van der Waals surface area contributed by atoms with Gasteiger partial charge in [-0.3, -0.25) is 10.9 Å². The number of rotatable bonds is 9. The molecule has 0 spiro atoms. The summed E-state index contributed by atoms with van der Waals surface area (Å²) < 4.78 is 0. The predicted octanol–water partition coefficient (Wildman–Crippen LogP) is 5.69. The van der Waals surface area contributed by atoms with Crippen LogP contribution in [0.25, 0.3) is 5.70 Å². The molecular weight excluding hydrogens is 394 g/mol. The van der Waals surface area contributed by atoms with E-state index in [-0.39, 0.29) is 0 Å². The van der Waals surface area contributed by atoms with Gasteiger partial charge in [-0.2, -0.15) is 0 Å². The van der Waals surface area contributed by atoms with Crippen LogP contribution < -0.4 is 21.5 Å². The summed E-state index contributed by atoms with van der Waals surface area (Å²) >= 11 is 0. The highest BCUT2D eigenvalue weighted by molar-refractivity contribution is 5.76. The molecule has 0 unspecified atom stereocenters. The summed E-state index contributed by atoms with van der Waals surface area (Å²) in [6, 6.07) is 16.7. The van der Waals surface area contributed by atoms with E-state index < -0.39 is 0 Å². The lowest BCUT2D eigenvalue weighted by Crippen LogP contribution is -2.30. The highest BCUT2D eigenvalue weighted by Crippen LogP contribution is 2.24. The van der Waals surface area contributed by atoms with Crippen molar-refractivity contribution >= 4 is 17.1 Å². The molecule has 0 bridgehead atoms. The maximum absolute atomic E-state index is 4.16. The molecule has 2 aromatic carbocycles. The zero-order chi connectivity index (χ0) is 22.6. The van der Waals surface area contributed by atoms with Crippen molar-refractivity contribution in [2.24, 2.45) is 0 Å². The number of aryl methyl sites for hydroxylation is 1. The average Bonchev–Trinajstić information content (AvgIpc) is 3.36.